The van der Waals surface area contributed by atoms with E-state index in [-0.39, 0.29) is 17.9 Å². The van der Waals surface area contributed by atoms with E-state index in [1.165, 1.54) is 0 Å². The summed E-state index contributed by atoms with van der Waals surface area (Å²) >= 11 is 6.37. The van der Waals surface area contributed by atoms with Gasteiger partial charge in [0.05, 0.1) is 18.1 Å². The molecule has 0 saturated carbocycles. The third kappa shape index (κ3) is 13.0. The fourth-order valence-electron chi connectivity index (χ4n) is 5.12. The first-order valence-corrected chi connectivity index (χ1v) is 16.4. The van der Waals surface area contributed by atoms with Gasteiger partial charge in [0.15, 0.2) is 5.82 Å². The molecule has 55 heavy (non-hydrogen) atoms. The molecule has 14 nitrogen and oxygen atoms in total. The summed E-state index contributed by atoms with van der Waals surface area (Å²) in [5.41, 5.74) is 5.10. The maximum Gasteiger partial charge on any atom is 0.490 e. The summed E-state index contributed by atoms with van der Waals surface area (Å²) in [4.78, 5) is 58.5. The molecule has 2 aromatic carbocycles. The molecule has 2 aromatic heterocycles. The number of rotatable bonds is 4. The van der Waals surface area contributed by atoms with Crippen molar-refractivity contribution in [2.24, 2.45) is 5.92 Å². The monoisotopic (exact) mass is 796 g/mol. The number of nitrogens with zero attached hydrogens (tertiary/aromatic N) is 4. The Bertz CT molecular complexity index is 1980. The van der Waals surface area contributed by atoms with Crippen molar-refractivity contribution in [3.05, 3.63) is 89.3 Å². The number of hydrogen-bond donors (Lipinski definition) is 6. The first-order valence-electron chi connectivity index (χ1n) is 16.0. The second-order valence-electron chi connectivity index (χ2n) is 11.8. The van der Waals surface area contributed by atoms with Crippen molar-refractivity contribution in [2.75, 3.05) is 34.4 Å². The highest BCUT2D eigenvalue weighted by Crippen LogP contribution is 2.30. The fraction of sp³-hybridized carbons (Fsp3) is 0.265. The van der Waals surface area contributed by atoms with Crippen LogP contribution in [0, 0.1) is 5.92 Å². The number of aliphatic carboxylic acids is 2. The lowest BCUT2D eigenvalue weighted by molar-refractivity contribution is -0.193. The summed E-state index contributed by atoms with van der Waals surface area (Å²) in [6, 6.07) is 17.0. The van der Waals surface area contributed by atoms with Crippen LogP contribution in [0.1, 0.15) is 24.0 Å². The standard InChI is InChI=1S/C30H29ClN8O2.2C2HF3O2/c31-25-17-33-29-35-24-12-19(15-32-16-24)6-7-21-14-23(34-28(25)38-29)8-9-26(21)37-27(40)13-20-10-11-39(18-20)30(41)36-22-4-2-1-3-5-22;2*3-2(4,5)1(6)7/h1-5,8-9,12,14-17,20H,6-7,10-11,13,18H2,(H,36,41)(H,37,40)(H2,33,34,35,38);2*(H,6,7). The SMILES string of the molecule is O=C(CC1CCN(C(=O)Nc2ccccc2)C1)Nc1ccc2cc1CCc1cncc(c1)Nc1ncc(Cl)c(n1)N2.O=C(O)C(F)(F)F.O=C(O)C(F)(F)F. The lowest BCUT2D eigenvalue weighted by Crippen LogP contribution is -2.33. The molecule has 0 aliphatic carbocycles. The number of pyridine rings is 1. The minimum absolute atomic E-state index is 0.0726. The van der Waals surface area contributed by atoms with Gasteiger partial charge in [-0.3, -0.25) is 9.78 Å². The molecule has 6 N–H and O–H groups in total. The smallest absolute Gasteiger partial charge is 0.475 e. The molecule has 1 saturated heterocycles. The molecule has 6 bridgehead atoms. The molecule has 4 heterocycles. The highest BCUT2D eigenvalue weighted by atomic mass is 35.5. The Morgan fingerprint density at radius 2 is 1.53 bits per heavy atom. The Hall–Kier alpha value is -6.18. The number of benzene rings is 2. The lowest BCUT2D eigenvalue weighted by atomic mass is 10.0. The number of aromatic nitrogens is 3. The molecule has 2 aliphatic heterocycles. The number of alkyl halides is 6. The zero-order chi connectivity index (χ0) is 40.3. The molecule has 0 radical (unpaired) electrons. The molecule has 292 valence electrons. The number of nitrogens with one attached hydrogen (secondary N) is 4. The van der Waals surface area contributed by atoms with E-state index >= 15 is 0 Å². The maximum absolute atomic E-state index is 13.1. The van der Waals surface area contributed by atoms with Gasteiger partial charge in [-0.25, -0.2) is 19.4 Å². The van der Waals surface area contributed by atoms with Crippen molar-refractivity contribution >= 4 is 70.0 Å². The molecule has 4 aromatic rings. The zero-order valence-corrected chi connectivity index (χ0v) is 29.0. The Morgan fingerprint density at radius 1 is 0.855 bits per heavy atom. The summed E-state index contributed by atoms with van der Waals surface area (Å²) in [6.07, 6.45) is -2.54. The summed E-state index contributed by atoms with van der Waals surface area (Å²) in [5, 5.41) is 27.1. The van der Waals surface area contributed by atoms with Gasteiger partial charge in [0.25, 0.3) is 0 Å². The normalized spacial score (nSPS) is 14.7. The van der Waals surface area contributed by atoms with Crippen LogP contribution in [0.2, 0.25) is 5.02 Å². The number of carbonyl (C=O) groups excluding carboxylic acids is 2. The molecule has 1 fully saturated rings. The van der Waals surface area contributed by atoms with E-state index in [2.05, 4.69) is 36.2 Å². The number of urea groups is 1. The van der Waals surface area contributed by atoms with Crippen LogP contribution in [-0.4, -0.2) is 79.4 Å². The van der Waals surface area contributed by atoms with Gasteiger partial charge in [-0.05, 0) is 72.7 Å². The first kappa shape index (κ1) is 41.6. The Kier molecular flexibility index (Phi) is 13.8. The summed E-state index contributed by atoms with van der Waals surface area (Å²) in [5.74, 6) is -4.62. The number of halogens is 7. The van der Waals surface area contributed by atoms with Crippen LogP contribution in [0.25, 0.3) is 0 Å². The molecular formula is C34H31ClF6N8O6. The number of likely N-dealkylation sites (tertiary alicyclic amines) is 1. The van der Waals surface area contributed by atoms with E-state index in [1.54, 1.807) is 17.3 Å². The van der Waals surface area contributed by atoms with Crippen molar-refractivity contribution in [3.63, 3.8) is 0 Å². The van der Waals surface area contributed by atoms with E-state index in [4.69, 9.17) is 31.4 Å². The number of carbonyl (C=O) groups is 4. The van der Waals surface area contributed by atoms with Gasteiger partial charge in [-0.1, -0.05) is 29.8 Å². The predicted molar refractivity (Wildman–Crippen MR) is 187 cm³/mol. The van der Waals surface area contributed by atoms with Gasteiger partial charge in [0.2, 0.25) is 11.9 Å². The van der Waals surface area contributed by atoms with Gasteiger partial charge in [-0.15, -0.1) is 0 Å². The fourth-order valence-corrected chi connectivity index (χ4v) is 5.26. The van der Waals surface area contributed by atoms with Gasteiger partial charge in [0, 0.05) is 42.8 Å². The average molecular weight is 797 g/mol. The molecular weight excluding hydrogens is 766 g/mol. The first-order chi connectivity index (χ1) is 25.9. The van der Waals surface area contributed by atoms with E-state index in [1.807, 2.05) is 60.8 Å². The van der Waals surface area contributed by atoms with Gasteiger partial charge >= 0.3 is 30.3 Å². The van der Waals surface area contributed by atoms with Crippen LogP contribution >= 0.6 is 11.6 Å². The van der Waals surface area contributed by atoms with Crippen LogP contribution in [0.15, 0.2) is 73.2 Å². The van der Waals surface area contributed by atoms with E-state index < -0.39 is 24.3 Å². The second kappa shape index (κ2) is 18.2. The molecule has 1 unspecified atom stereocenters. The lowest BCUT2D eigenvalue weighted by Gasteiger charge is -2.18. The van der Waals surface area contributed by atoms with Crippen LogP contribution < -0.4 is 21.3 Å². The summed E-state index contributed by atoms with van der Waals surface area (Å²) in [6.45, 7) is 1.17. The van der Waals surface area contributed by atoms with Gasteiger partial charge in [0.1, 0.15) is 5.02 Å². The highest BCUT2D eigenvalue weighted by molar-refractivity contribution is 6.32. The molecule has 3 amide bonds. The van der Waals surface area contributed by atoms with Crippen LogP contribution in [0.3, 0.4) is 0 Å². The Balaban J connectivity index is 0.000000410. The number of para-hydroxylation sites is 1. The third-order valence-corrected chi connectivity index (χ3v) is 7.95. The number of fused-ring (bicyclic) bond motifs is 6. The molecule has 0 spiro atoms. The van der Waals surface area contributed by atoms with E-state index in [9.17, 15) is 35.9 Å². The highest BCUT2D eigenvalue weighted by Gasteiger charge is 2.39. The topological polar surface area (TPSA) is 199 Å². The number of carboxylic acids is 2. The number of hydrogen-bond acceptors (Lipinski definition) is 9. The number of carboxylic acid groups (broad SMARTS) is 2. The number of amides is 3. The summed E-state index contributed by atoms with van der Waals surface area (Å²) < 4.78 is 63.5. The van der Waals surface area contributed by atoms with Crippen LogP contribution in [-0.2, 0) is 27.2 Å². The summed E-state index contributed by atoms with van der Waals surface area (Å²) in [7, 11) is 0. The predicted octanol–water partition coefficient (Wildman–Crippen LogP) is 7.26. The Labute approximate surface area is 312 Å². The molecule has 1 atom stereocenters. The van der Waals surface area contributed by atoms with Crippen LogP contribution in [0.4, 0.5) is 65.7 Å². The van der Waals surface area contributed by atoms with Crippen molar-refractivity contribution in [2.45, 2.75) is 38.0 Å². The molecule has 2 aliphatic rings. The number of aryl methyl sites for hydroxylation is 2. The average Bonchev–Trinajstić information content (AvgIpc) is 3.58. The van der Waals surface area contributed by atoms with Crippen LogP contribution in [0.5, 0.6) is 0 Å². The number of anilines is 6. The van der Waals surface area contributed by atoms with Crippen molar-refractivity contribution in [1.82, 2.24) is 19.9 Å². The largest absolute Gasteiger partial charge is 0.490 e. The quantitative estimate of drug-likeness (QED) is 0.114. The van der Waals surface area contributed by atoms with Crippen molar-refractivity contribution in [1.29, 1.82) is 0 Å². The molecule has 6 rings (SSSR count). The van der Waals surface area contributed by atoms with Gasteiger partial charge < -0.3 is 36.4 Å². The second-order valence-corrected chi connectivity index (χ2v) is 12.3. The van der Waals surface area contributed by atoms with E-state index in [0.717, 1.165) is 46.7 Å². The van der Waals surface area contributed by atoms with Crippen molar-refractivity contribution in [3.8, 4) is 0 Å². The Morgan fingerprint density at radius 3 is 2.18 bits per heavy atom. The van der Waals surface area contributed by atoms with Crippen molar-refractivity contribution < 1.29 is 55.7 Å². The maximum atomic E-state index is 13.1. The zero-order valence-electron chi connectivity index (χ0n) is 28.2. The van der Waals surface area contributed by atoms with E-state index in [0.29, 0.717) is 42.7 Å². The third-order valence-electron chi connectivity index (χ3n) is 7.68. The minimum atomic E-state index is -5.08. The minimum Gasteiger partial charge on any atom is -0.475 e. The van der Waals surface area contributed by atoms with Gasteiger partial charge in [-0.2, -0.15) is 31.3 Å². The molecule has 21 heteroatoms.